The fourth-order valence-electron chi connectivity index (χ4n) is 2.29. The van der Waals surface area contributed by atoms with Gasteiger partial charge in [-0.15, -0.1) is 0 Å². The first-order chi connectivity index (χ1) is 8.29. The van der Waals surface area contributed by atoms with Crippen LogP contribution in [-0.2, 0) is 6.54 Å². The molecule has 1 aliphatic carbocycles. The summed E-state index contributed by atoms with van der Waals surface area (Å²) in [6.45, 7) is 1.92. The van der Waals surface area contributed by atoms with Crippen LogP contribution in [0, 0.1) is 5.82 Å². The lowest BCUT2D eigenvalue weighted by atomic mass is 9.91. The molecule has 1 aliphatic rings. The summed E-state index contributed by atoms with van der Waals surface area (Å²) in [5, 5.41) is 8.91. The van der Waals surface area contributed by atoms with Crippen molar-refractivity contribution < 1.29 is 9.50 Å². The minimum absolute atomic E-state index is 0.168. The lowest BCUT2D eigenvalue weighted by Crippen LogP contribution is -2.40. The summed E-state index contributed by atoms with van der Waals surface area (Å²) in [7, 11) is 0. The lowest BCUT2D eigenvalue weighted by Gasteiger charge is -2.37. The van der Waals surface area contributed by atoms with Crippen LogP contribution < -0.4 is 0 Å². The van der Waals surface area contributed by atoms with Gasteiger partial charge in [0.25, 0.3) is 0 Å². The predicted octanol–water partition coefficient (Wildman–Crippen LogP) is 2.56. The van der Waals surface area contributed by atoms with Crippen LogP contribution in [0.4, 0.5) is 4.39 Å². The number of nitrogens with zero attached hydrogens (tertiary/aromatic N) is 1. The van der Waals surface area contributed by atoms with Crippen LogP contribution in [0.1, 0.15) is 31.2 Å². The van der Waals surface area contributed by atoms with Crippen molar-refractivity contribution in [1.82, 2.24) is 4.90 Å². The third-order valence-corrected chi connectivity index (χ3v) is 3.47. The molecule has 0 saturated heterocycles. The topological polar surface area (TPSA) is 23.5 Å². The first-order valence-electron chi connectivity index (χ1n) is 6.39. The highest BCUT2D eigenvalue weighted by Crippen LogP contribution is 2.26. The van der Waals surface area contributed by atoms with Crippen molar-refractivity contribution in [2.24, 2.45) is 0 Å². The highest BCUT2D eigenvalue weighted by atomic mass is 19.1. The second kappa shape index (κ2) is 6.12. The van der Waals surface area contributed by atoms with Crippen molar-refractivity contribution in [3.8, 4) is 0 Å². The van der Waals surface area contributed by atoms with E-state index in [1.807, 2.05) is 6.07 Å². The summed E-state index contributed by atoms with van der Waals surface area (Å²) in [5.74, 6) is -0.168. The minimum Gasteiger partial charge on any atom is -0.396 e. The van der Waals surface area contributed by atoms with E-state index < -0.39 is 0 Å². The maximum atomic E-state index is 13.1. The number of hydrogen-bond donors (Lipinski definition) is 1. The van der Waals surface area contributed by atoms with Crippen LogP contribution in [0.3, 0.4) is 0 Å². The third kappa shape index (κ3) is 3.51. The van der Waals surface area contributed by atoms with Crippen LogP contribution >= 0.6 is 0 Å². The first-order valence-corrected chi connectivity index (χ1v) is 6.39. The van der Waals surface area contributed by atoms with E-state index in [4.69, 9.17) is 5.11 Å². The number of benzene rings is 1. The van der Waals surface area contributed by atoms with Gasteiger partial charge in [-0.05, 0) is 37.0 Å². The normalized spacial score (nSPS) is 16.2. The maximum Gasteiger partial charge on any atom is 0.123 e. The van der Waals surface area contributed by atoms with Crippen LogP contribution in [0.15, 0.2) is 24.3 Å². The molecule has 0 unspecified atom stereocenters. The Morgan fingerprint density at radius 2 is 2.18 bits per heavy atom. The molecule has 2 rings (SSSR count). The van der Waals surface area contributed by atoms with Crippen molar-refractivity contribution in [2.75, 3.05) is 13.2 Å². The number of halogens is 1. The molecule has 17 heavy (non-hydrogen) atoms. The molecule has 1 fully saturated rings. The fraction of sp³-hybridized carbons (Fsp3) is 0.571. The molecule has 0 heterocycles. The predicted molar refractivity (Wildman–Crippen MR) is 66.2 cm³/mol. The van der Waals surface area contributed by atoms with E-state index in [2.05, 4.69) is 4.90 Å². The molecule has 2 nitrogen and oxygen atoms in total. The summed E-state index contributed by atoms with van der Waals surface area (Å²) in [6.07, 6.45) is 4.57. The van der Waals surface area contributed by atoms with E-state index in [-0.39, 0.29) is 12.4 Å². The van der Waals surface area contributed by atoms with Crippen molar-refractivity contribution in [3.05, 3.63) is 35.6 Å². The molecule has 1 saturated carbocycles. The average Bonchev–Trinajstić information content (AvgIpc) is 2.23. The first kappa shape index (κ1) is 12.5. The molecular formula is C14H20FNO. The van der Waals surface area contributed by atoms with Gasteiger partial charge in [-0.2, -0.15) is 0 Å². The molecule has 0 amide bonds. The van der Waals surface area contributed by atoms with Gasteiger partial charge in [0.1, 0.15) is 5.82 Å². The molecule has 94 valence electrons. The van der Waals surface area contributed by atoms with Crippen molar-refractivity contribution >= 4 is 0 Å². The summed E-state index contributed by atoms with van der Waals surface area (Å²) in [6, 6.07) is 7.43. The molecule has 0 aliphatic heterocycles. The maximum absolute atomic E-state index is 13.1. The Morgan fingerprint density at radius 1 is 1.35 bits per heavy atom. The van der Waals surface area contributed by atoms with Gasteiger partial charge >= 0.3 is 0 Å². The summed E-state index contributed by atoms with van der Waals surface area (Å²) in [5.41, 5.74) is 1.02. The zero-order valence-electron chi connectivity index (χ0n) is 10.1. The second-order valence-corrected chi connectivity index (χ2v) is 4.76. The Balaban J connectivity index is 1.95. The van der Waals surface area contributed by atoms with E-state index >= 15 is 0 Å². The monoisotopic (exact) mass is 237 g/mol. The number of rotatable bonds is 6. The van der Waals surface area contributed by atoms with Gasteiger partial charge < -0.3 is 5.11 Å². The van der Waals surface area contributed by atoms with Gasteiger partial charge in [0.2, 0.25) is 0 Å². The van der Waals surface area contributed by atoms with E-state index in [0.717, 1.165) is 25.1 Å². The van der Waals surface area contributed by atoms with Gasteiger partial charge in [0.05, 0.1) is 0 Å². The SMILES string of the molecule is OCCCN(Cc1cccc(F)c1)C1CCC1. The van der Waals surface area contributed by atoms with E-state index in [1.54, 1.807) is 12.1 Å². The minimum atomic E-state index is -0.168. The summed E-state index contributed by atoms with van der Waals surface area (Å²) >= 11 is 0. The van der Waals surface area contributed by atoms with E-state index in [1.165, 1.54) is 25.3 Å². The van der Waals surface area contributed by atoms with Crippen LogP contribution in [0.5, 0.6) is 0 Å². The Bertz CT molecular complexity index is 352. The molecule has 1 N–H and O–H groups in total. The second-order valence-electron chi connectivity index (χ2n) is 4.76. The summed E-state index contributed by atoms with van der Waals surface area (Å²) < 4.78 is 13.1. The molecule has 1 aromatic rings. The van der Waals surface area contributed by atoms with Gasteiger partial charge in [-0.3, -0.25) is 4.90 Å². The molecule has 1 aromatic carbocycles. The zero-order chi connectivity index (χ0) is 12.1. The molecule has 0 aromatic heterocycles. The highest BCUT2D eigenvalue weighted by Gasteiger charge is 2.24. The lowest BCUT2D eigenvalue weighted by molar-refractivity contribution is 0.109. The average molecular weight is 237 g/mol. The Kier molecular flexibility index (Phi) is 4.51. The van der Waals surface area contributed by atoms with Crippen molar-refractivity contribution in [3.63, 3.8) is 0 Å². The van der Waals surface area contributed by atoms with Crippen LogP contribution in [0.25, 0.3) is 0 Å². The highest BCUT2D eigenvalue weighted by molar-refractivity contribution is 5.16. The van der Waals surface area contributed by atoms with Gasteiger partial charge in [-0.25, -0.2) is 4.39 Å². The quantitative estimate of drug-likeness (QED) is 0.822. The fourth-order valence-corrected chi connectivity index (χ4v) is 2.29. The van der Waals surface area contributed by atoms with Gasteiger partial charge in [0, 0.05) is 25.7 Å². The molecule has 0 spiro atoms. The Labute approximate surface area is 102 Å². The van der Waals surface area contributed by atoms with E-state index in [0.29, 0.717) is 6.04 Å². The largest absolute Gasteiger partial charge is 0.396 e. The third-order valence-electron chi connectivity index (χ3n) is 3.47. The molecule has 0 bridgehead atoms. The molecule has 0 radical (unpaired) electrons. The van der Waals surface area contributed by atoms with Crippen LogP contribution in [0.2, 0.25) is 0 Å². The Morgan fingerprint density at radius 3 is 2.76 bits per heavy atom. The molecular weight excluding hydrogens is 217 g/mol. The smallest absolute Gasteiger partial charge is 0.123 e. The van der Waals surface area contributed by atoms with Crippen molar-refractivity contribution in [1.29, 1.82) is 0 Å². The standard InChI is InChI=1S/C14H20FNO/c15-13-5-1-4-12(10-13)11-16(8-3-9-17)14-6-2-7-14/h1,4-5,10,14,17H,2-3,6-9,11H2. The zero-order valence-corrected chi connectivity index (χ0v) is 10.1. The number of aliphatic hydroxyl groups excluding tert-OH is 1. The van der Waals surface area contributed by atoms with Gasteiger partial charge in [-0.1, -0.05) is 18.6 Å². The number of hydrogen-bond acceptors (Lipinski definition) is 2. The Hall–Kier alpha value is -0.930. The van der Waals surface area contributed by atoms with Crippen LogP contribution in [-0.4, -0.2) is 29.2 Å². The number of aliphatic hydroxyl groups is 1. The molecule has 0 atom stereocenters. The summed E-state index contributed by atoms with van der Waals surface area (Å²) in [4.78, 5) is 2.37. The van der Waals surface area contributed by atoms with Crippen molar-refractivity contribution in [2.45, 2.75) is 38.3 Å². The molecule has 3 heteroatoms. The van der Waals surface area contributed by atoms with E-state index in [9.17, 15) is 4.39 Å². The van der Waals surface area contributed by atoms with Gasteiger partial charge in [0.15, 0.2) is 0 Å².